The standard InChI is InChI=1S/C14H24N2O2S/c1-19-10-9-12(14(15)18)16-13(17)8-7-11-5-3-2-4-6-11/h5,12H,2-4,6-10H2,1H3,(H2,15,18)(H,16,17). The Morgan fingerprint density at radius 1 is 1.47 bits per heavy atom. The Morgan fingerprint density at radius 2 is 2.26 bits per heavy atom. The van der Waals surface area contributed by atoms with Crippen LogP contribution in [0.5, 0.6) is 0 Å². The maximum atomic E-state index is 11.8. The van der Waals surface area contributed by atoms with Gasteiger partial charge in [-0.15, -0.1) is 0 Å². The number of allylic oxidation sites excluding steroid dienone is 2. The summed E-state index contributed by atoms with van der Waals surface area (Å²) in [4.78, 5) is 23.0. The molecule has 0 saturated heterocycles. The molecule has 0 aliphatic heterocycles. The zero-order chi connectivity index (χ0) is 14.1. The highest BCUT2D eigenvalue weighted by molar-refractivity contribution is 7.98. The van der Waals surface area contributed by atoms with Gasteiger partial charge < -0.3 is 11.1 Å². The molecule has 1 rings (SSSR count). The predicted molar refractivity (Wildman–Crippen MR) is 79.9 cm³/mol. The molecule has 0 bridgehead atoms. The van der Waals surface area contributed by atoms with Gasteiger partial charge in [0.05, 0.1) is 0 Å². The Bertz CT molecular complexity index is 342. The predicted octanol–water partition coefficient (Wildman–Crippen LogP) is 1.99. The van der Waals surface area contributed by atoms with Gasteiger partial charge in [0.15, 0.2) is 0 Å². The third-order valence-electron chi connectivity index (χ3n) is 3.35. The van der Waals surface area contributed by atoms with Gasteiger partial charge >= 0.3 is 0 Å². The van der Waals surface area contributed by atoms with Gasteiger partial charge in [-0.2, -0.15) is 11.8 Å². The van der Waals surface area contributed by atoms with Crippen LogP contribution in [0.1, 0.15) is 44.9 Å². The molecule has 0 aromatic heterocycles. The summed E-state index contributed by atoms with van der Waals surface area (Å²) in [5.41, 5.74) is 6.67. The molecular formula is C14H24N2O2S. The summed E-state index contributed by atoms with van der Waals surface area (Å²) in [6.45, 7) is 0. The smallest absolute Gasteiger partial charge is 0.240 e. The molecule has 1 aliphatic carbocycles. The van der Waals surface area contributed by atoms with Gasteiger partial charge in [0.25, 0.3) is 0 Å². The molecule has 19 heavy (non-hydrogen) atoms. The molecule has 0 aromatic rings. The lowest BCUT2D eigenvalue weighted by Crippen LogP contribution is -2.44. The number of hydrogen-bond donors (Lipinski definition) is 2. The number of rotatable bonds is 8. The maximum Gasteiger partial charge on any atom is 0.240 e. The summed E-state index contributed by atoms with van der Waals surface area (Å²) in [7, 11) is 0. The van der Waals surface area contributed by atoms with Crippen molar-refractivity contribution in [2.75, 3.05) is 12.0 Å². The highest BCUT2D eigenvalue weighted by atomic mass is 32.2. The number of nitrogens with one attached hydrogen (secondary N) is 1. The van der Waals surface area contributed by atoms with Crippen LogP contribution in [-0.2, 0) is 9.59 Å². The first-order chi connectivity index (χ1) is 9.13. The van der Waals surface area contributed by atoms with Crippen LogP contribution in [0.3, 0.4) is 0 Å². The van der Waals surface area contributed by atoms with Crippen molar-refractivity contribution >= 4 is 23.6 Å². The molecule has 1 unspecified atom stereocenters. The van der Waals surface area contributed by atoms with Crippen molar-refractivity contribution in [3.8, 4) is 0 Å². The normalized spacial score (nSPS) is 16.6. The molecule has 0 saturated carbocycles. The third kappa shape index (κ3) is 6.66. The number of thioether (sulfide) groups is 1. The van der Waals surface area contributed by atoms with Gasteiger partial charge in [0, 0.05) is 6.42 Å². The summed E-state index contributed by atoms with van der Waals surface area (Å²) >= 11 is 1.64. The van der Waals surface area contributed by atoms with Crippen LogP contribution in [-0.4, -0.2) is 29.9 Å². The summed E-state index contributed by atoms with van der Waals surface area (Å²) in [5.74, 6) is 0.301. The van der Waals surface area contributed by atoms with Gasteiger partial charge in [-0.3, -0.25) is 9.59 Å². The van der Waals surface area contributed by atoms with Crippen LogP contribution in [0.25, 0.3) is 0 Å². The van der Waals surface area contributed by atoms with Crippen LogP contribution >= 0.6 is 11.8 Å². The summed E-state index contributed by atoms with van der Waals surface area (Å²) < 4.78 is 0. The van der Waals surface area contributed by atoms with Crippen LogP contribution in [0.4, 0.5) is 0 Å². The number of amides is 2. The second kappa shape index (κ2) is 9.02. The largest absolute Gasteiger partial charge is 0.368 e. The van der Waals surface area contributed by atoms with Crippen molar-refractivity contribution in [2.45, 2.75) is 51.0 Å². The van der Waals surface area contributed by atoms with E-state index in [1.54, 1.807) is 11.8 Å². The van der Waals surface area contributed by atoms with Gasteiger partial charge in [0.2, 0.25) is 11.8 Å². The molecule has 1 atom stereocenters. The van der Waals surface area contributed by atoms with Crippen LogP contribution < -0.4 is 11.1 Å². The molecule has 0 radical (unpaired) electrons. The van der Waals surface area contributed by atoms with E-state index in [9.17, 15) is 9.59 Å². The first-order valence-electron chi connectivity index (χ1n) is 6.89. The van der Waals surface area contributed by atoms with Crippen molar-refractivity contribution in [1.29, 1.82) is 0 Å². The molecule has 0 spiro atoms. The molecule has 0 fully saturated rings. The van der Waals surface area contributed by atoms with Crippen molar-refractivity contribution in [3.05, 3.63) is 11.6 Å². The highest BCUT2D eigenvalue weighted by Gasteiger charge is 2.17. The Hall–Kier alpha value is -0.970. The van der Waals surface area contributed by atoms with Crippen molar-refractivity contribution in [2.24, 2.45) is 5.73 Å². The first-order valence-corrected chi connectivity index (χ1v) is 8.28. The van der Waals surface area contributed by atoms with E-state index in [4.69, 9.17) is 5.73 Å². The Labute approximate surface area is 119 Å². The summed E-state index contributed by atoms with van der Waals surface area (Å²) in [6, 6.07) is -0.528. The van der Waals surface area contributed by atoms with E-state index in [0.29, 0.717) is 12.8 Å². The number of carbonyl (C=O) groups is 2. The minimum absolute atomic E-state index is 0.0728. The van der Waals surface area contributed by atoms with Gasteiger partial charge in [-0.05, 0) is 50.5 Å². The number of primary amides is 1. The lowest BCUT2D eigenvalue weighted by molar-refractivity contribution is -0.127. The van der Waals surface area contributed by atoms with E-state index in [2.05, 4.69) is 11.4 Å². The molecule has 3 N–H and O–H groups in total. The summed E-state index contributed by atoms with van der Waals surface area (Å²) in [5, 5.41) is 2.74. The van der Waals surface area contributed by atoms with Gasteiger partial charge in [0.1, 0.15) is 6.04 Å². The quantitative estimate of drug-likeness (QED) is 0.670. The SMILES string of the molecule is CSCCC(NC(=O)CCC1=CCCCC1)C(N)=O. The lowest BCUT2D eigenvalue weighted by atomic mass is 9.96. The van der Waals surface area contributed by atoms with E-state index < -0.39 is 11.9 Å². The molecule has 4 nitrogen and oxygen atoms in total. The average Bonchev–Trinajstić information content (AvgIpc) is 2.42. The maximum absolute atomic E-state index is 11.8. The molecule has 0 aromatic carbocycles. The summed E-state index contributed by atoms with van der Waals surface area (Å²) in [6.07, 6.45) is 10.8. The van der Waals surface area contributed by atoms with E-state index in [0.717, 1.165) is 25.0 Å². The molecule has 1 aliphatic rings. The first kappa shape index (κ1) is 16.1. The van der Waals surface area contributed by atoms with Crippen molar-refractivity contribution < 1.29 is 9.59 Å². The van der Waals surface area contributed by atoms with Gasteiger partial charge in [-0.1, -0.05) is 11.6 Å². The zero-order valence-electron chi connectivity index (χ0n) is 11.6. The minimum Gasteiger partial charge on any atom is -0.368 e. The Kier molecular flexibility index (Phi) is 7.63. The number of nitrogens with two attached hydrogens (primary N) is 1. The fourth-order valence-corrected chi connectivity index (χ4v) is 2.66. The van der Waals surface area contributed by atoms with Gasteiger partial charge in [-0.25, -0.2) is 0 Å². The zero-order valence-corrected chi connectivity index (χ0v) is 12.4. The monoisotopic (exact) mass is 284 g/mol. The average molecular weight is 284 g/mol. The van der Waals surface area contributed by atoms with E-state index in [1.807, 2.05) is 6.26 Å². The van der Waals surface area contributed by atoms with Crippen molar-refractivity contribution in [3.63, 3.8) is 0 Å². The number of carbonyl (C=O) groups excluding carboxylic acids is 2. The molecular weight excluding hydrogens is 260 g/mol. The second-order valence-electron chi connectivity index (χ2n) is 4.91. The van der Waals surface area contributed by atoms with Crippen LogP contribution in [0.15, 0.2) is 11.6 Å². The van der Waals surface area contributed by atoms with E-state index >= 15 is 0 Å². The van der Waals surface area contributed by atoms with Crippen LogP contribution in [0, 0.1) is 0 Å². The molecule has 2 amide bonds. The fourth-order valence-electron chi connectivity index (χ4n) is 2.19. The third-order valence-corrected chi connectivity index (χ3v) is 3.99. The van der Waals surface area contributed by atoms with Crippen LogP contribution in [0.2, 0.25) is 0 Å². The second-order valence-corrected chi connectivity index (χ2v) is 5.90. The number of hydrogen-bond acceptors (Lipinski definition) is 3. The highest BCUT2D eigenvalue weighted by Crippen LogP contribution is 2.21. The minimum atomic E-state index is -0.528. The van der Waals surface area contributed by atoms with E-state index in [-0.39, 0.29) is 5.91 Å². The Balaban J connectivity index is 2.31. The van der Waals surface area contributed by atoms with Crippen molar-refractivity contribution in [1.82, 2.24) is 5.32 Å². The topological polar surface area (TPSA) is 72.2 Å². The fraction of sp³-hybridized carbons (Fsp3) is 0.714. The lowest BCUT2D eigenvalue weighted by Gasteiger charge is -2.16. The Morgan fingerprint density at radius 3 is 2.84 bits per heavy atom. The molecule has 5 heteroatoms. The molecule has 108 valence electrons. The molecule has 0 heterocycles. The van der Waals surface area contributed by atoms with E-state index in [1.165, 1.54) is 18.4 Å².